The summed E-state index contributed by atoms with van der Waals surface area (Å²) >= 11 is 0. The van der Waals surface area contributed by atoms with Crippen LogP contribution in [0.2, 0.25) is 0 Å². The SMILES string of the molecule is C1=Cc2nc1c(-c1ccccc1)c1ccc([nH]1)c(-c1ccccc1)c1nc(c(-c3ccc4nc(-c5ccco5)c(-c5ccco5)nc4c3)c3ccc([nH]3)c2-c2ccccc2)C=C1. The van der Waals surface area contributed by atoms with Crippen molar-refractivity contribution in [3.63, 3.8) is 0 Å². The number of benzene rings is 4. The predicted octanol–water partition coefficient (Wildman–Crippen LogP) is 13.8. The first-order chi connectivity index (χ1) is 30.7. The third kappa shape index (κ3) is 6.09. The Morgan fingerprint density at radius 3 is 1.10 bits per heavy atom. The summed E-state index contributed by atoms with van der Waals surface area (Å²) in [5, 5.41) is 0. The van der Waals surface area contributed by atoms with Crippen LogP contribution in [-0.4, -0.2) is 29.9 Å². The Morgan fingerprint density at radius 1 is 0.323 bits per heavy atom. The Hall–Kier alpha value is -8.62. The zero-order valence-corrected chi connectivity index (χ0v) is 33.1. The van der Waals surface area contributed by atoms with Gasteiger partial charge in [-0.1, -0.05) is 97.1 Å². The number of nitrogens with zero attached hydrogens (tertiary/aromatic N) is 4. The van der Waals surface area contributed by atoms with Gasteiger partial charge in [0.25, 0.3) is 0 Å². The number of hydrogen-bond acceptors (Lipinski definition) is 6. The number of aromatic nitrogens is 6. The molecular formula is C54H34N6O2. The molecule has 2 aliphatic heterocycles. The number of furan rings is 2. The maximum Gasteiger partial charge on any atom is 0.154 e. The Labute approximate surface area is 355 Å². The molecule has 0 spiro atoms. The van der Waals surface area contributed by atoms with Crippen molar-refractivity contribution in [2.75, 3.05) is 0 Å². The largest absolute Gasteiger partial charge is 0.463 e. The quantitative estimate of drug-likeness (QED) is 0.173. The van der Waals surface area contributed by atoms with Crippen LogP contribution >= 0.6 is 0 Å². The predicted molar refractivity (Wildman–Crippen MR) is 249 cm³/mol. The van der Waals surface area contributed by atoms with Crippen LogP contribution in [0.25, 0.3) is 125 Å². The van der Waals surface area contributed by atoms with E-state index in [9.17, 15) is 0 Å². The molecule has 12 rings (SSSR count). The molecule has 8 heteroatoms. The van der Waals surface area contributed by atoms with Crippen LogP contribution in [0, 0.1) is 0 Å². The number of aromatic amines is 2. The average molecular weight is 799 g/mol. The van der Waals surface area contributed by atoms with Gasteiger partial charge in [0.05, 0.1) is 46.3 Å². The van der Waals surface area contributed by atoms with E-state index in [1.54, 1.807) is 12.5 Å². The molecule has 0 aliphatic carbocycles. The molecule has 0 saturated carbocycles. The van der Waals surface area contributed by atoms with Crippen molar-refractivity contribution in [1.29, 1.82) is 0 Å². The van der Waals surface area contributed by atoms with Crippen molar-refractivity contribution in [1.82, 2.24) is 29.9 Å². The fraction of sp³-hybridized carbons (Fsp3) is 0. The zero-order valence-electron chi connectivity index (χ0n) is 33.1. The lowest BCUT2D eigenvalue weighted by atomic mass is 10.0. The highest BCUT2D eigenvalue weighted by molar-refractivity contribution is 6.00. The third-order valence-electron chi connectivity index (χ3n) is 11.4. The molecule has 10 aromatic rings. The van der Waals surface area contributed by atoms with Gasteiger partial charge in [-0.15, -0.1) is 0 Å². The lowest BCUT2D eigenvalue weighted by molar-refractivity contribution is 0.572. The van der Waals surface area contributed by atoms with E-state index in [1.807, 2.05) is 48.5 Å². The smallest absolute Gasteiger partial charge is 0.154 e. The van der Waals surface area contributed by atoms with E-state index in [2.05, 4.69) is 143 Å². The average Bonchev–Trinajstić information content (AvgIpc) is 4.18. The van der Waals surface area contributed by atoms with Gasteiger partial charge in [-0.2, -0.15) is 0 Å². The summed E-state index contributed by atoms with van der Waals surface area (Å²) in [6, 6.07) is 53.5. The van der Waals surface area contributed by atoms with Gasteiger partial charge >= 0.3 is 0 Å². The number of rotatable bonds is 6. The molecule has 0 unspecified atom stereocenters. The summed E-state index contributed by atoms with van der Waals surface area (Å²) in [6.45, 7) is 0. The van der Waals surface area contributed by atoms with Gasteiger partial charge < -0.3 is 18.8 Å². The number of hydrogen-bond donors (Lipinski definition) is 2. The van der Waals surface area contributed by atoms with Crippen LogP contribution in [0.5, 0.6) is 0 Å². The summed E-state index contributed by atoms with van der Waals surface area (Å²) in [5.41, 5.74) is 17.7. The molecule has 0 radical (unpaired) electrons. The highest BCUT2D eigenvalue weighted by atomic mass is 16.3. The molecule has 8 bridgehead atoms. The second kappa shape index (κ2) is 14.6. The van der Waals surface area contributed by atoms with Crippen molar-refractivity contribution in [3.8, 4) is 67.4 Å². The topological polar surface area (TPSA) is 109 Å². The van der Waals surface area contributed by atoms with Gasteiger partial charge in [0.15, 0.2) is 11.5 Å². The van der Waals surface area contributed by atoms with Crippen LogP contribution in [0.1, 0.15) is 22.8 Å². The summed E-state index contributed by atoms with van der Waals surface area (Å²) < 4.78 is 11.7. The Morgan fingerprint density at radius 2 is 0.710 bits per heavy atom. The number of fused-ring (bicyclic) bond motifs is 9. The first-order valence-electron chi connectivity index (χ1n) is 20.4. The highest BCUT2D eigenvalue weighted by Crippen LogP contribution is 2.40. The first-order valence-corrected chi connectivity index (χ1v) is 20.4. The van der Waals surface area contributed by atoms with Gasteiger partial charge in [0.1, 0.15) is 11.4 Å². The third-order valence-corrected chi connectivity index (χ3v) is 11.4. The molecule has 0 atom stereocenters. The van der Waals surface area contributed by atoms with E-state index in [0.717, 1.165) is 94.9 Å². The van der Waals surface area contributed by atoms with Crippen LogP contribution in [-0.2, 0) is 0 Å². The highest BCUT2D eigenvalue weighted by Gasteiger charge is 2.21. The van der Waals surface area contributed by atoms with Crippen LogP contribution in [0.3, 0.4) is 0 Å². The fourth-order valence-corrected chi connectivity index (χ4v) is 8.61. The van der Waals surface area contributed by atoms with Crippen LogP contribution < -0.4 is 0 Å². The molecule has 6 aromatic heterocycles. The van der Waals surface area contributed by atoms with Gasteiger partial charge in [-0.25, -0.2) is 19.9 Å². The second-order valence-electron chi connectivity index (χ2n) is 15.2. The standard InChI is InChI=1S/C54H34N6O2/c1-4-12-33(13-5-1)49-38-22-24-40(55-38)50(34-14-6-2-7-15-34)42-26-28-44(57-42)52(45-29-27-43(58-45)51(35-16-8-3-9-17-35)41-25-23-39(49)56-41)36-20-21-37-46(32-36)60-54(48-19-11-31-62-48)53(59-37)47-18-10-30-61-47/h1-32,55,58H. The molecule has 8 nitrogen and oxygen atoms in total. The van der Waals surface area contributed by atoms with E-state index < -0.39 is 0 Å². The van der Waals surface area contributed by atoms with Crippen molar-refractivity contribution in [3.05, 3.63) is 193 Å². The summed E-state index contributed by atoms with van der Waals surface area (Å²) in [5.74, 6) is 1.21. The summed E-state index contributed by atoms with van der Waals surface area (Å²) in [6.07, 6.45) is 11.7. The Bertz CT molecular complexity index is 3510. The molecule has 2 N–H and O–H groups in total. The van der Waals surface area contributed by atoms with Crippen LogP contribution in [0.15, 0.2) is 179 Å². The lowest BCUT2D eigenvalue weighted by Gasteiger charge is -2.09. The minimum atomic E-state index is 0.595. The second-order valence-corrected chi connectivity index (χ2v) is 15.2. The van der Waals surface area contributed by atoms with Crippen LogP contribution in [0.4, 0.5) is 0 Å². The van der Waals surface area contributed by atoms with Crippen molar-refractivity contribution in [2.45, 2.75) is 0 Å². The monoisotopic (exact) mass is 798 g/mol. The van der Waals surface area contributed by atoms with Gasteiger partial charge in [0.2, 0.25) is 0 Å². The van der Waals surface area contributed by atoms with E-state index in [4.69, 9.17) is 28.8 Å². The lowest BCUT2D eigenvalue weighted by Crippen LogP contribution is -1.95. The summed E-state index contributed by atoms with van der Waals surface area (Å²) in [4.78, 5) is 28.8. The van der Waals surface area contributed by atoms with E-state index in [1.165, 1.54) is 0 Å². The Kier molecular flexibility index (Phi) is 8.31. The Balaban J connectivity index is 1.19. The van der Waals surface area contributed by atoms with Gasteiger partial charge in [0, 0.05) is 44.3 Å². The minimum Gasteiger partial charge on any atom is -0.463 e. The van der Waals surface area contributed by atoms with Gasteiger partial charge in [-0.3, -0.25) is 0 Å². The normalized spacial score (nSPS) is 12.1. The number of nitrogens with one attached hydrogen (secondary N) is 2. The molecule has 292 valence electrons. The first kappa shape index (κ1) is 35.3. The molecule has 62 heavy (non-hydrogen) atoms. The van der Waals surface area contributed by atoms with Crippen molar-refractivity contribution < 1.29 is 8.83 Å². The minimum absolute atomic E-state index is 0.595. The molecule has 0 fully saturated rings. The maximum atomic E-state index is 5.87. The van der Waals surface area contributed by atoms with Gasteiger partial charge in [-0.05, 0) is 107 Å². The molecule has 0 amide bonds. The molecular weight excluding hydrogens is 765 g/mol. The number of H-pyrrole nitrogens is 2. The van der Waals surface area contributed by atoms with E-state index in [0.29, 0.717) is 28.4 Å². The van der Waals surface area contributed by atoms with E-state index in [-0.39, 0.29) is 0 Å². The molecule has 4 aromatic carbocycles. The maximum absolute atomic E-state index is 5.87. The molecule has 0 saturated heterocycles. The van der Waals surface area contributed by atoms with Crippen molar-refractivity contribution in [2.24, 2.45) is 0 Å². The fourth-order valence-electron chi connectivity index (χ4n) is 8.61. The molecule has 8 heterocycles. The molecule has 2 aliphatic rings. The van der Waals surface area contributed by atoms with E-state index >= 15 is 0 Å². The zero-order chi connectivity index (χ0) is 41.0. The van der Waals surface area contributed by atoms with Crippen molar-refractivity contribution >= 4 is 57.4 Å². The summed E-state index contributed by atoms with van der Waals surface area (Å²) in [7, 11) is 0.